The van der Waals surface area contributed by atoms with Crippen LogP contribution in [-0.4, -0.2) is 24.2 Å². The fraction of sp³-hybridized carbons (Fsp3) is 0.667. The molecule has 0 spiro atoms. The Morgan fingerprint density at radius 2 is 2.42 bits per heavy atom. The number of carbonyl (C=O) groups excluding carboxylic acids is 1. The summed E-state index contributed by atoms with van der Waals surface area (Å²) in [5.74, 6) is 0.0596. The molecule has 0 radical (unpaired) electrons. The Kier molecular flexibility index (Phi) is 1.89. The highest BCUT2D eigenvalue weighted by atomic mass is 16.6. The van der Waals surface area contributed by atoms with Gasteiger partial charge in [0, 0.05) is 6.04 Å². The van der Waals surface area contributed by atoms with E-state index in [9.17, 15) is 4.79 Å². The third-order valence-electron chi connectivity index (χ3n) is 2.16. The fourth-order valence-electron chi connectivity index (χ4n) is 1.23. The van der Waals surface area contributed by atoms with Crippen LogP contribution in [0.3, 0.4) is 0 Å². The topological polar surface area (TPSA) is 41.6 Å². The molecule has 1 amide bonds. The van der Waals surface area contributed by atoms with Gasteiger partial charge in [0.1, 0.15) is 0 Å². The first kappa shape index (κ1) is 7.80. The van der Waals surface area contributed by atoms with Crippen LogP contribution in [0.15, 0.2) is 12.7 Å². The molecule has 2 rings (SSSR count). The molecule has 2 aliphatic rings. The smallest absolute Gasteiger partial charge is 0.252 e. The summed E-state index contributed by atoms with van der Waals surface area (Å²) in [6.45, 7) is 3.60. The van der Waals surface area contributed by atoms with Crippen molar-refractivity contribution in [3.8, 4) is 0 Å². The summed E-state index contributed by atoms with van der Waals surface area (Å²) in [4.78, 5) is 11.3. The molecule has 2 fully saturated rings. The van der Waals surface area contributed by atoms with Gasteiger partial charge in [0.15, 0.2) is 6.10 Å². The highest BCUT2D eigenvalue weighted by molar-refractivity contribution is 5.84. The Morgan fingerprint density at radius 1 is 1.67 bits per heavy atom. The van der Waals surface area contributed by atoms with Crippen LogP contribution < -0.4 is 5.32 Å². The minimum atomic E-state index is -0.191. The second-order valence-corrected chi connectivity index (χ2v) is 3.40. The summed E-state index contributed by atoms with van der Waals surface area (Å²) in [7, 11) is 0. The largest absolute Gasteiger partial charge is 0.359 e. The van der Waals surface area contributed by atoms with Gasteiger partial charge in [-0.1, -0.05) is 6.08 Å². The van der Waals surface area contributed by atoms with Crippen LogP contribution in [0.25, 0.3) is 0 Å². The van der Waals surface area contributed by atoms with Gasteiger partial charge in [0.2, 0.25) is 0 Å². The maximum absolute atomic E-state index is 11.3. The van der Waals surface area contributed by atoms with Crippen molar-refractivity contribution in [3.05, 3.63) is 12.7 Å². The van der Waals surface area contributed by atoms with Gasteiger partial charge in [-0.3, -0.25) is 4.79 Å². The number of nitrogens with one attached hydrogen (secondary N) is 1. The Hall–Kier alpha value is -0.830. The van der Waals surface area contributed by atoms with Crippen LogP contribution >= 0.6 is 0 Å². The van der Waals surface area contributed by atoms with Crippen molar-refractivity contribution >= 4 is 5.91 Å². The first-order valence-electron chi connectivity index (χ1n) is 4.38. The van der Waals surface area contributed by atoms with Crippen LogP contribution in [0.5, 0.6) is 0 Å². The Bertz CT molecular complexity index is 211. The molecular weight excluding hydrogens is 154 g/mol. The van der Waals surface area contributed by atoms with Gasteiger partial charge in [-0.2, -0.15) is 0 Å². The van der Waals surface area contributed by atoms with Gasteiger partial charge in [-0.05, 0) is 19.3 Å². The maximum Gasteiger partial charge on any atom is 0.252 e. The SMILES string of the molecule is C=CCC1OC1C(=O)NC1CC1. The van der Waals surface area contributed by atoms with Gasteiger partial charge < -0.3 is 10.1 Å². The molecule has 3 heteroatoms. The first-order valence-corrected chi connectivity index (χ1v) is 4.38. The molecule has 1 saturated carbocycles. The Labute approximate surface area is 71.8 Å². The number of amides is 1. The zero-order valence-corrected chi connectivity index (χ0v) is 6.95. The molecule has 1 saturated heterocycles. The number of rotatable bonds is 4. The molecule has 1 aliphatic carbocycles. The summed E-state index contributed by atoms with van der Waals surface area (Å²) in [6.07, 6.45) is 4.73. The third-order valence-corrected chi connectivity index (χ3v) is 2.16. The number of epoxide rings is 1. The predicted molar refractivity (Wildman–Crippen MR) is 44.6 cm³/mol. The molecule has 1 aliphatic heterocycles. The maximum atomic E-state index is 11.3. The molecule has 66 valence electrons. The lowest BCUT2D eigenvalue weighted by Gasteiger charge is -1.97. The van der Waals surface area contributed by atoms with Gasteiger partial charge in [-0.25, -0.2) is 0 Å². The van der Waals surface area contributed by atoms with Crippen LogP contribution in [0.1, 0.15) is 19.3 Å². The van der Waals surface area contributed by atoms with Crippen molar-refractivity contribution in [2.45, 2.75) is 37.5 Å². The molecule has 2 unspecified atom stereocenters. The molecule has 12 heavy (non-hydrogen) atoms. The van der Waals surface area contributed by atoms with Gasteiger partial charge >= 0.3 is 0 Å². The van der Waals surface area contributed by atoms with Crippen molar-refractivity contribution in [1.82, 2.24) is 5.32 Å². The van der Waals surface area contributed by atoms with Gasteiger partial charge in [-0.15, -0.1) is 6.58 Å². The van der Waals surface area contributed by atoms with E-state index in [4.69, 9.17) is 4.74 Å². The van der Waals surface area contributed by atoms with Crippen molar-refractivity contribution in [1.29, 1.82) is 0 Å². The lowest BCUT2D eigenvalue weighted by Crippen LogP contribution is -2.30. The highest BCUT2D eigenvalue weighted by Gasteiger charge is 2.45. The molecule has 2 atom stereocenters. The Morgan fingerprint density at radius 3 is 3.00 bits per heavy atom. The van der Waals surface area contributed by atoms with E-state index in [0.717, 1.165) is 19.3 Å². The van der Waals surface area contributed by atoms with Gasteiger partial charge in [0.05, 0.1) is 6.10 Å². The van der Waals surface area contributed by atoms with E-state index in [-0.39, 0.29) is 18.1 Å². The third kappa shape index (κ3) is 1.67. The summed E-state index contributed by atoms with van der Waals surface area (Å²) >= 11 is 0. The van der Waals surface area contributed by atoms with Crippen LogP contribution in [-0.2, 0) is 9.53 Å². The normalized spacial score (nSPS) is 32.7. The van der Waals surface area contributed by atoms with E-state index in [2.05, 4.69) is 11.9 Å². The zero-order chi connectivity index (χ0) is 8.55. The van der Waals surface area contributed by atoms with Crippen LogP contribution in [0.2, 0.25) is 0 Å². The molecule has 3 nitrogen and oxygen atoms in total. The second-order valence-electron chi connectivity index (χ2n) is 3.40. The predicted octanol–water partition coefficient (Wildman–Crippen LogP) is 0.608. The number of carbonyl (C=O) groups is 1. The minimum Gasteiger partial charge on any atom is -0.359 e. The van der Waals surface area contributed by atoms with E-state index in [1.807, 2.05) is 0 Å². The first-order chi connectivity index (χ1) is 5.81. The molecule has 1 N–H and O–H groups in total. The highest BCUT2D eigenvalue weighted by Crippen LogP contribution is 2.27. The lowest BCUT2D eigenvalue weighted by molar-refractivity contribution is -0.122. The van der Waals surface area contributed by atoms with E-state index in [1.165, 1.54) is 0 Å². The van der Waals surface area contributed by atoms with Crippen LogP contribution in [0, 0.1) is 0 Å². The minimum absolute atomic E-state index is 0.0596. The lowest BCUT2D eigenvalue weighted by atomic mass is 10.2. The average Bonchev–Trinajstić information content (AvgIpc) is 2.82. The second kappa shape index (κ2) is 2.90. The standard InChI is InChI=1S/C9H13NO2/c1-2-3-7-8(12-7)9(11)10-6-4-5-6/h2,6-8H,1,3-5H2,(H,10,11). The summed E-state index contributed by atoms with van der Waals surface area (Å²) in [5.41, 5.74) is 0. The number of ether oxygens (including phenoxy) is 1. The fourth-order valence-corrected chi connectivity index (χ4v) is 1.23. The summed E-state index contributed by atoms with van der Waals surface area (Å²) < 4.78 is 5.16. The monoisotopic (exact) mass is 167 g/mol. The molecule has 0 aromatic rings. The molecule has 0 aromatic heterocycles. The zero-order valence-electron chi connectivity index (χ0n) is 6.95. The van der Waals surface area contributed by atoms with E-state index in [1.54, 1.807) is 6.08 Å². The van der Waals surface area contributed by atoms with Crippen molar-refractivity contribution in [2.24, 2.45) is 0 Å². The van der Waals surface area contributed by atoms with Crippen LogP contribution in [0.4, 0.5) is 0 Å². The van der Waals surface area contributed by atoms with E-state index < -0.39 is 0 Å². The molecule has 1 heterocycles. The molecular formula is C9H13NO2. The Balaban J connectivity index is 1.71. The van der Waals surface area contributed by atoms with Crippen molar-refractivity contribution in [2.75, 3.05) is 0 Å². The van der Waals surface area contributed by atoms with Crippen molar-refractivity contribution < 1.29 is 9.53 Å². The van der Waals surface area contributed by atoms with Gasteiger partial charge in [0.25, 0.3) is 5.91 Å². The quantitative estimate of drug-likeness (QED) is 0.492. The number of hydrogen-bond acceptors (Lipinski definition) is 2. The number of hydrogen-bond donors (Lipinski definition) is 1. The molecule has 0 bridgehead atoms. The van der Waals surface area contributed by atoms with Crippen molar-refractivity contribution in [3.63, 3.8) is 0 Å². The summed E-state index contributed by atoms with van der Waals surface area (Å²) in [5, 5.41) is 2.91. The van der Waals surface area contributed by atoms with E-state index >= 15 is 0 Å². The molecule has 0 aromatic carbocycles. The van der Waals surface area contributed by atoms with E-state index in [0.29, 0.717) is 6.04 Å². The summed E-state index contributed by atoms with van der Waals surface area (Å²) in [6, 6.07) is 0.436. The average molecular weight is 167 g/mol.